The van der Waals surface area contributed by atoms with Gasteiger partial charge in [-0.3, -0.25) is 4.18 Å². The molecule has 0 aliphatic heterocycles. The Hall–Kier alpha value is -2.78. The van der Waals surface area contributed by atoms with Crippen molar-refractivity contribution >= 4 is 39.4 Å². The molecule has 7 nitrogen and oxygen atoms in total. The van der Waals surface area contributed by atoms with E-state index >= 15 is 0 Å². The minimum atomic E-state index is -4.38. The number of halogens is 2. The molecule has 3 rings (SSSR count). The Morgan fingerprint density at radius 1 is 0.946 bits per heavy atom. The number of ether oxygens (including phenoxy) is 2. The minimum absolute atomic E-state index is 0.0757. The van der Waals surface area contributed by atoms with Gasteiger partial charge in [0.2, 0.25) is 0 Å². The van der Waals surface area contributed by atoms with E-state index in [0.717, 1.165) is 5.56 Å². The van der Waals surface area contributed by atoms with Crippen LogP contribution in [-0.2, 0) is 25.6 Å². The standard InChI is InChI=1S/C27H29Cl2NO6S/c1-27(2,3)35-26(31)30(17-19-9-6-5-7-10-19)18-23(20-13-15-21(34-4)16-14-20)36-37(32,33)24-12-8-11-22(28)25(24)29/h5-16,23H,17-18H2,1-4H3. The lowest BCUT2D eigenvalue weighted by Crippen LogP contribution is -2.39. The highest BCUT2D eigenvalue weighted by atomic mass is 35.5. The summed E-state index contributed by atoms with van der Waals surface area (Å²) in [5.41, 5.74) is 0.579. The van der Waals surface area contributed by atoms with E-state index in [2.05, 4.69) is 0 Å². The van der Waals surface area contributed by atoms with Crippen molar-refractivity contribution in [3.8, 4) is 5.75 Å². The Kier molecular flexibility index (Phi) is 9.47. The van der Waals surface area contributed by atoms with E-state index in [1.54, 1.807) is 45.0 Å². The molecule has 0 saturated carbocycles. The zero-order chi connectivity index (χ0) is 27.2. The lowest BCUT2D eigenvalue weighted by atomic mass is 10.1. The number of hydrogen-bond donors (Lipinski definition) is 0. The Morgan fingerprint density at radius 3 is 2.19 bits per heavy atom. The number of carbonyl (C=O) groups excluding carboxylic acids is 1. The van der Waals surface area contributed by atoms with Gasteiger partial charge in [-0.15, -0.1) is 0 Å². The van der Waals surface area contributed by atoms with Crippen molar-refractivity contribution in [2.75, 3.05) is 13.7 Å². The van der Waals surface area contributed by atoms with Crippen LogP contribution in [0.5, 0.6) is 5.75 Å². The summed E-state index contributed by atoms with van der Waals surface area (Å²) in [7, 11) is -2.86. The number of carbonyl (C=O) groups is 1. The smallest absolute Gasteiger partial charge is 0.410 e. The van der Waals surface area contributed by atoms with Crippen LogP contribution in [0.15, 0.2) is 77.7 Å². The third-order valence-corrected chi connectivity index (χ3v) is 7.47. The summed E-state index contributed by atoms with van der Waals surface area (Å²) in [5, 5.41) is -0.0715. The molecule has 0 aliphatic carbocycles. The molecule has 10 heteroatoms. The first kappa shape index (κ1) is 28.8. The summed E-state index contributed by atoms with van der Waals surface area (Å²) in [6.45, 7) is 5.31. The quantitative estimate of drug-likeness (QED) is 0.263. The van der Waals surface area contributed by atoms with Crippen LogP contribution in [0.25, 0.3) is 0 Å². The van der Waals surface area contributed by atoms with Crippen molar-refractivity contribution in [3.63, 3.8) is 0 Å². The molecule has 37 heavy (non-hydrogen) atoms. The van der Waals surface area contributed by atoms with Crippen LogP contribution in [0.4, 0.5) is 4.79 Å². The van der Waals surface area contributed by atoms with Gasteiger partial charge in [0.05, 0.1) is 23.7 Å². The third kappa shape index (κ3) is 8.10. The third-order valence-electron chi connectivity index (χ3n) is 5.17. The number of benzene rings is 3. The predicted octanol–water partition coefficient (Wildman–Crippen LogP) is 6.89. The van der Waals surface area contributed by atoms with Gasteiger partial charge in [0.15, 0.2) is 0 Å². The summed E-state index contributed by atoms with van der Waals surface area (Å²) >= 11 is 12.2. The fourth-order valence-electron chi connectivity index (χ4n) is 3.43. The summed E-state index contributed by atoms with van der Waals surface area (Å²) in [4.78, 5) is 14.3. The molecule has 3 aromatic rings. The van der Waals surface area contributed by atoms with Crippen molar-refractivity contribution < 1.29 is 26.9 Å². The summed E-state index contributed by atoms with van der Waals surface area (Å²) < 4.78 is 43.2. The maximum atomic E-state index is 13.3. The van der Waals surface area contributed by atoms with Gasteiger partial charge in [-0.2, -0.15) is 8.42 Å². The molecule has 1 unspecified atom stereocenters. The van der Waals surface area contributed by atoms with Crippen molar-refractivity contribution in [1.29, 1.82) is 0 Å². The number of nitrogens with zero attached hydrogens (tertiary/aromatic N) is 1. The number of amides is 1. The maximum Gasteiger partial charge on any atom is 0.410 e. The van der Waals surface area contributed by atoms with Crippen molar-refractivity contribution in [2.24, 2.45) is 0 Å². The largest absolute Gasteiger partial charge is 0.497 e. The van der Waals surface area contributed by atoms with Crippen LogP contribution in [-0.4, -0.2) is 38.7 Å². The van der Waals surface area contributed by atoms with Gasteiger partial charge in [0.25, 0.3) is 10.1 Å². The van der Waals surface area contributed by atoms with E-state index in [9.17, 15) is 13.2 Å². The fraction of sp³-hybridized carbons (Fsp3) is 0.296. The van der Waals surface area contributed by atoms with Gasteiger partial charge in [-0.1, -0.05) is 71.7 Å². The maximum absolute atomic E-state index is 13.3. The first-order valence-electron chi connectivity index (χ1n) is 11.4. The molecule has 0 radical (unpaired) electrons. The van der Waals surface area contributed by atoms with Crippen molar-refractivity contribution in [2.45, 2.75) is 43.9 Å². The van der Waals surface area contributed by atoms with E-state index < -0.39 is 27.9 Å². The molecule has 0 aliphatic rings. The van der Waals surface area contributed by atoms with E-state index in [1.807, 2.05) is 30.3 Å². The molecular weight excluding hydrogens is 537 g/mol. The van der Waals surface area contributed by atoms with Crippen LogP contribution in [0.1, 0.15) is 38.0 Å². The van der Waals surface area contributed by atoms with E-state index in [-0.39, 0.29) is 28.0 Å². The van der Waals surface area contributed by atoms with Gasteiger partial charge >= 0.3 is 6.09 Å². The highest BCUT2D eigenvalue weighted by molar-refractivity contribution is 7.87. The molecule has 1 atom stereocenters. The molecule has 0 fully saturated rings. The van der Waals surface area contributed by atoms with Crippen LogP contribution in [0.3, 0.4) is 0 Å². The molecule has 0 spiro atoms. The topological polar surface area (TPSA) is 82.1 Å². The average Bonchev–Trinajstić information content (AvgIpc) is 2.84. The van der Waals surface area contributed by atoms with Gasteiger partial charge in [0.1, 0.15) is 22.4 Å². The Bertz CT molecular complexity index is 1310. The van der Waals surface area contributed by atoms with Gasteiger partial charge in [-0.25, -0.2) is 4.79 Å². The van der Waals surface area contributed by atoms with Crippen LogP contribution in [0.2, 0.25) is 10.0 Å². The lowest BCUT2D eigenvalue weighted by Gasteiger charge is -2.30. The normalized spacial score (nSPS) is 12.6. The average molecular weight is 567 g/mol. The second-order valence-corrected chi connectivity index (χ2v) is 11.5. The predicted molar refractivity (Wildman–Crippen MR) is 144 cm³/mol. The highest BCUT2D eigenvalue weighted by Gasteiger charge is 2.31. The Balaban J connectivity index is 2.01. The zero-order valence-electron chi connectivity index (χ0n) is 21.0. The molecule has 0 N–H and O–H groups in total. The van der Waals surface area contributed by atoms with Crippen LogP contribution in [0, 0.1) is 0 Å². The monoisotopic (exact) mass is 565 g/mol. The van der Waals surface area contributed by atoms with Crippen LogP contribution >= 0.6 is 23.2 Å². The van der Waals surface area contributed by atoms with Gasteiger partial charge in [0, 0.05) is 6.54 Å². The highest BCUT2D eigenvalue weighted by Crippen LogP contribution is 2.33. The van der Waals surface area contributed by atoms with E-state index in [1.165, 1.54) is 30.2 Å². The second-order valence-electron chi connectivity index (χ2n) is 9.21. The van der Waals surface area contributed by atoms with Crippen molar-refractivity contribution in [3.05, 3.63) is 94.0 Å². The Labute approximate surface area is 228 Å². The molecule has 3 aromatic carbocycles. The first-order chi connectivity index (χ1) is 17.4. The summed E-state index contributed by atoms with van der Waals surface area (Å²) in [6, 6.07) is 20.3. The molecule has 0 heterocycles. The van der Waals surface area contributed by atoms with Crippen LogP contribution < -0.4 is 4.74 Å². The SMILES string of the molecule is COc1ccc(C(CN(Cc2ccccc2)C(=O)OC(C)(C)C)OS(=O)(=O)c2cccc(Cl)c2Cl)cc1. The number of methoxy groups -OCH3 is 1. The number of hydrogen-bond acceptors (Lipinski definition) is 6. The minimum Gasteiger partial charge on any atom is -0.497 e. The zero-order valence-corrected chi connectivity index (χ0v) is 23.3. The van der Waals surface area contributed by atoms with E-state index in [4.69, 9.17) is 36.9 Å². The molecule has 0 bridgehead atoms. The summed E-state index contributed by atoms with van der Waals surface area (Å²) in [6.07, 6.45) is -1.71. The van der Waals surface area contributed by atoms with Crippen molar-refractivity contribution in [1.82, 2.24) is 4.90 Å². The van der Waals surface area contributed by atoms with E-state index in [0.29, 0.717) is 11.3 Å². The first-order valence-corrected chi connectivity index (χ1v) is 13.6. The number of rotatable bonds is 9. The molecule has 0 saturated heterocycles. The lowest BCUT2D eigenvalue weighted by molar-refractivity contribution is 0.0151. The summed E-state index contributed by atoms with van der Waals surface area (Å²) in [5.74, 6) is 0.580. The second kappa shape index (κ2) is 12.2. The molecular formula is C27H29Cl2NO6S. The molecule has 198 valence electrons. The molecule has 1 amide bonds. The fourth-order valence-corrected chi connectivity index (χ4v) is 5.22. The Morgan fingerprint density at radius 2 is 1.59 bits per heavy atom. The van der Waals surface area contributed by atoms with Gasteiger partial charge < -0.3 is 14.4 Å². The van der Waals surface area contributed by atoms with Gasteiger partial charge in [-0.05, 0) is 56.2 Å². The molecule has 0 aromatic heterocycles.